The van der Waals surface area contributed by atoms with Gasteiger partial charge in [-0.3, -0.25) is 0 Å². The highest BCUT2D eigenvalue weighted by Gasteiger charge is 1.89. The number of benzene rings is 2. The molecule has 2 aromatic rings. The first-order chi connectivity index (χ1) is 5.36. The number of rotatable bonds is 0. The Bertz CT molecular complexity index is 385. The van der Waals surface area contributed by atoms with Gasteiger partial charge >= 0.3 is 0 Å². The maximum absolute atomic E-state index is 2.20. The fraction of sp³-hybridized carbons (Fsp3) is 0.0909. The predicted molar refractivity (Wildman–Crippen MR) is 54.4 cm³/mol. The smallest absolute Gasteiger partial charge is 0 e. The minimum atomic E-state index is 0. The Morgan fingerprint density at radius 2 is 1.58 bits per heavy atom. The Labute approximate surface area is 73.4 Å². The lowest BCUT2D eigenvalue weighted by Crippen LogP contribution is -1.73. The molecule has 12 heavy (non-hydrogen) atoms. The van der Waals surface area contributed by atoms with E-state index in [1.54, 1.807) is 0 Å². The van der Waals surface area contributed by atoms with Gasteiger partial charge < -0.3 is 5.48 Å². The molecule has 0 fully saturated rings. The van der Waals surface area contributed by atoms with Gasteiger partial charge in [0.05, 0.1) is 0 Å². The summed E-state index contributed by atoms with van der Waals surface area (Å²) in [7, 11) is 0. The number of aryl methyl sites for hydroxylation is 1. The van der Waals surface area contributed by atoms with Crippen molar-refractivity contribution in [3.63, 3.8) is 0 Å². The Morgan fingerprint density at radius 3 is 2.33 bits per heavy atom. The summed E-state index contributed by atoms with van der Waals surface area (Å²) in [5.74, 6) is 0. The number of hydrogen-bond acceptors (Lipinski definition) is 0. The van der Waals surface area contributed by atoms with E-state index in [4.69, 9.17) is 0 Å². The van der Waals surface area contributed by atoms with Crippen molar-refractivity contribution in [2.45, 2.75) is 6.92 Å². The van der Waals surface area contributed by atoms with Crippen molar-refractivity contribution in [2.24, 2.45) is 0 Å². The topological polar surface area (TPSA) is 31.5 Å². The van der Waals surface area contributed by atoms with E-state index < -0.39 is 0 Å². The monoisotopic (exact) mass is 162 g/mol. The summed E-state index contributed by atoms with van der Waals surface area (Å²) in [4.78, 5) is 0. The molecular formula is C11H14O. The SMILES string of the molecule is Cc1ccc2ccccc2c1.O.[HH]. The van der Waals surface area contributed by atoms with Gasteiger partial charge in [0.1, 0.15) is 0 Å². The van der Waals surface area contributed by atoms with Gasteiger partial charge in [-0.15, -0.1) is 0 Å². The van der Waals surface area contributed by atoms with Gasteiger partial charge in [-0.1, -0.05) is 48.0 Å². The minimum absolute atomic E-state index is 0. The Balaban J connectivity index is 0.000000720. The second-order valence-electron chi connectivity index (χ2n) is 2.85. The maximum Gasteiger partial charge on any atom is 0 e. The lowest BCUT2D eigenvalue weighted by atomic mass is 10.1. The van der Waals surface area contributed by atoms with Crippen LogP contribution < -0.4 is 0 Å². The molecular weight excluding hydrogens is 148 g/mol. The van der Waals surface area contributed by atoms with Crippen molar-refractivity contribution in [3.05, 3.63) is 48.0 Å². The van der Waals surface area contributed by atoms with Crippen LogP contribution in [0.25, 0.3) is 10.8 Å². The van der Waals surface area contributed by atoms with Gasteiger partial charge in [-0.25, -0.2) is 0 Å². The summed E-state index contributed by atoms with van der Waals surface area (Å²) in [6.07, 6.45) is 0. The molecule has 0 aliphatic rings. The van der Waals surface area contributed by atoms with Crippen LogP contribution in [0.4, 0.5) is 0 Å². The summed E-state index contributed by atoms with van der Waals surface area (Å²) in [6, 6.07) is 14.9. The summed E-state index contributed by atoms with van der Waals surface area (Å²) in [6.45, 7) is 2.12. The molecule has 2 N–H and O–H groups in total. The average molecular weight is 162 g/mol. The molecule has 0 bridgehead atoms. The van der Waals surface area contributed by atoms with Crippen LogP contribution in [0.2, 0.25) is 0 Å². The van der Waals surface area contributed by atoms with Crippen molar-refractivity contribution in [3.8, 4) is 0 Å². The molecule has 0 heterocycles. The van der Waals surface area contributed by atoms with Gasteiger partial charge in [0.15, 0.2) is 0 Å². The molecule has 64 valence electrons. The molecule has 0 amide bonds. The third-order valence-electron chi connectivity index (χ3n) is 1.90. The first-order valence-corrected chi connectivity index (χ1v) is 3.82. The third kappa shape index (κ3) is 1.46. The van der Waals surface area contributed by atoms with Crippen LogP contribution in [-0.2, 0) is 0 Å². The van der Waals surface area contributed by atoms with Gasteiger partial charge in [-0.2, -0.15) is 0 Å². The number of fused-ring (bicyclic) bond motifs is 1. The van der Waals surface area contributed by atoms with Crippen LogP contribution in [0, 0.1) is 6.92 Å². The van der Waals surface area contributed by atoms with E-state index in [0.717, 1.165) is 0 Å². The molecule has 0 saturated heterocycles. The summed E-state index contributed by atoms with van der Waals surface area (Å²) in [5, 5.41) is 2.64. The maximum atomic E-state index is 2.20. The van der Waals surface area contributed by atoms with Crippen LogP contribution in [-0.4, -0.2) is 5.48 Å². The van der Waals surface area contributed by atoms with Crippen molar-refractivity contribution in [1.29, 1.82) is 0 Å². The summed E-state index contributed by atoms with van der Waals surface area (Å²) < 4.78 is 0. The molecule has 0 aliphatic carbocycles. The van der Waals surface area contributed by atoms with Gasteiger partial charge in [0.25, 0.3) is 0 Å². The van der Waals surface area contributed by atoms with Crippen LogP contribution in [0.1, 0.15) is 6.99 Å². The molecule has 0 spiro atoms. The van der Waals surface area contributed by atoms with Crippen molar-refractivity contribution >= 4 is 10.8 Å². The molecule has 0 radical (unpaired) electrons. The van der Waals surface area contributed by atoms with E-state index in [9.17, 15) is 0 Å². The largest absolute Gasteiger partial charge is 0.412 e. The second kappa shape index (κ2) is 3.37. The first-order valence-electron chi connectivity index (χ1n) is 3.82. The van der Waals surface area contributed by atoms with Gasteiger partial charge in [0.2, 0.25) is 0 Å². The summed E-state index contributed by atoms with van der Waals surface area (Å²) >= 11 is 0. The van der Waals surface area contributed by atoms with E-state index in [-0.39, 0.29) is 6.90 Å². The Hall–Kier alpha value is -1.34. The normalized spacial score (nSPS) is 9.42. The molecule has 1 heteroatoms. The lowest BCUT2D eigenvalue weighted by Gasteiger charge is -1.96. The molecule has 0 saturated carbocycles. The Morgan fingerprint density at radius 1 is 0.917 bits per heavy atom. The van der Waals surface area contributed by atoms with Crippen molar-refractivity contribution in [1.82, 2.24) is 0 Å². The average Bonchev–Trinajstić information content (AvgIpc) is 2.04. The Kier molecular flexibility index (Phi) is 2.46. The van der Waals surface area contributed by atoms with E-state index in [1.807, 2.05) is 0 Å². The molecule has 2 aromatic carbocycles. The predicted octanol–water partition coefficient (Wildman–Crippen LogP) is 2.57. The molecule has 0 aromatic heterocycles. The standard InChI is InChI=1S/C11H10.H2O.H2/c1-9-6-7-10-4-2-3-5-11(10)8-9;;/h2-8H,1H3;1H2;1H. The summed E-state index contributed by atoms with van der Waals surface area (Å²) in [5.41, 5.74) is 1.32. The van der Waals surface area contributed by atoms with E-state index >= 15 is 0 Å². The highest BCUT2D eigenvalue weighted by Crippen LogP contribution is 2.14. The van der Waals surface area contributed by atoms with Crippen molar-refractivity contribution < 1.29 is 6.90 Å². The minimum Gasteiger partial charge on any atom is -0.412 e. The molecule has 0 atom stereocenters. The molecule has 1 nitrogen and oxygen atoms in total. The van der Waals surface area contributed by atoms with E-state index in [1.165, 1.54) is 16.3 Å². The zero-order valence-electron chi connectivity index (χ0n) is 7.04. The fourth-order valence-electron chi connectivity index (χ4n) is 1.31. The molecule has 0 aliphatic heterocycles. The fourth-order valence-corrected chi connectivity index (χ4v) is 1.31. The number of hydrogen-bond donors (Lipinski definition) is 0. The van der Waals surface area contributed by atoms with Crippen LogP contribution in [0.3, 0.4) is 0 Å². The van der Waals surface area contributed by atoms with Gasteiger partial charge in [-0.05, 0) is 17.7 Å². The quantitative estimate of drug-likeness (QED) is 0.570. The third-order valence-corrected chi connectivity index (χ3v) is 1.90. The van der Waals surface area contributed by atoms with E-state index in [0.29, 0.717) is 0 Å². The zero-order valence-corrected chi connectivity index (χ0v) is 7.04. The highest BCUT2D eigenvalue weighted by molar-refractivity contribution is 5.82. The molecule has 0 unspecified atom stereocenters. The lowest BCUT2D eigenvalue weighted by molar-refractivity contribution is 0.824. The molecule has 2 rings (SSSR count). The first kappa shape index (κ1) is 8.75. The van der Waals surface area contributed by atoms with Crippen LogP contribution >= 0.6 is 0 Å². The second-order valence-corrected chi connectivity index (χ2v) is 2.85. The van der Waals surface area contributed by atoms with Crippen LogP contribution in [0.15, 0.2) is 42.5 Å². The van der Waals surface area contributed by atoms with E-state index in [2.05, 4.69) is 49.4 Å². The van der Waals surface area contributed by atoms with Crippen molar-refractivity contribution in [2.75, 3.05) is 0 Å². The zero-order chi connectivity index (χ0) is 7.68. The highest BCUT2D eigenvalue weighted by atomic mass is 16.0. The van der Waals surface area contributed by atoms with Gasteiger partial charge in [0, 0.05) is 1.43 Å². The van der Waals surface area contributed by atoms with Crippen LogP contribution in [0.5, 0.6) is 0 Å².